The van der Waals surface area contributed by atoms with Gasteiger partial charge >= 0.3 is 0 Å². The normalized spacial score (nSPS) is 12.0. The minimum absolute atomic E-state index is 0.0964. The van der Waals surface area contributed by atoms with E-state index in [9.17, 15) is 8.42 Å². The lowest BCUT2D eigenvalue weighted by atomic mass is 10.5. The van der Waals surface area contributed by atoms with Crippen LogP contribution in [0.2, 0.25) is 0 Å². The maximum Gasteiger partial charge on any atom is 0.185 e. The van der Waals surface area contributed by atoms with Gasteiger partial charge in [0.05, 0.1) is 5.75 Å². The smallest absolute Gasteiger partial charge is 0.185 e. The van der Waals surface area contributed by atoms with Crippen molar-refractivity contribution in [1.82, 2.24) is 9.27 Å². The molecule has 1 heterocycles. The number of nitrogens with two attached hydrogens (primary N) is 1. The third kappa shape index (κ3) is 4.32. The lowest BCUT2D eigenvalue weighted by molar-refractivity contribution is 0.367. The quantitative estimate of drug-likeness (QED) is 0.752. The van der Waals surface area contributed by atoms with Crippen molar-refractivity contribution in [2.24, 2.45) is 0 Å². The van der Waals surface area contributed by atoms with Crippen LogP contribution in [-0.2, 0) is 9.84 Å². The summed E-state index contributed by atoms with van der Waals surface area (Å²) < 4.78 is 28.2. The number of hydrogen-bond acceptors (Lipinski definition) is 7. The molecule has 0 saturated carbocycles. The highest BCUT2D eigenvalue weighted by Gasteiger charge is 2.24. The molecule has 0 aromatic carbocycles. The van der Waals surface area contributed by atoms with Crippen molar-refractivity contribution in [3.05, 3.63) is 0 Å². The number of likely N-dealkylation sites (N-methyl/N-ethyl adjacent to an activating group) is 1. The second-order valence-electron chi connectivity index (χ2n) is 4.37. The van der Waals surface area contributed by atoms with Crippen LogP contribution in [-0.4, -0.2) is 50.1 Å². The molecule has 1 aromatic rings. The number of anilines is 2. The van der Waals surface area contributed by atoms with E-state index in [-0.39, 0.29) is 16.5 Å². The Morgan fingerprint density at radius 2 is 2.11 bits per heavy atom. The molecule has 0 spiro atoms. The van der Waals surface area contributed by atoms with Crippen LogP contribution in [0.25, 0.3) is 0 Å². The fraction of sp³-hybridized carbons (Fsp3) is 0.727. The van der Waals surface area contributed by atoms with Crippen LogP contribution in [0, 0.1) is 0 Å². The van der Waals surface area contributed by atoms with Gasteiger partial charge in [0.2, 0.25) is 0 Å². The first-order valence-corrected chi connectivity index (χ1v) is 8.75. The fourth-order valence-corrected chi connectivity index (χ4v) is 4.24. The van der Waals surface area contributed by atoms with Crippen molar-refractivity contribution in [2.45, 2.75) is 25.2 Å². The van der Waals surface area contributed by atoms with Gasteiger partial charge in [-0.1, -0.05) is 13.8 Å². The predicted octanol–water partition coefficient (Wildman–Crippen LogP) is 1.27. The summed E-state index contributed by atoms with van der Waals surface area (Å²) in [5.41, 5.74) is 5.69. The van der Waals surface area contributed by atoms with Crippen molar-refractivity contribution >= 4 is 32.2 Å². The maximum absolute atomic E-state index is 12.1. The standard InChI is InChI=1S/C11H22N4O2S2/c1-4-8-19(16,17)9-10(12)14-18-11(9)13-6-7-15(3)5-2/h13H,4-8H2,1-3H3,(H2,12,14). The van der Waals surface area contributed by atoms with Crippen molar-refractivity contribution in [3.8, 4) is 0 Å². The Kier molecular flexibility index (Phi) is 6.02. The van der Waals surface area contributed by atoms with Crippen molar-refractivity contribution in [2.75, 3.05) is 43.5 Å². The average molecular weight is 306 g/mol. The first-order valence-electron chi connectivity index (χ1n) is 6.32. The van der Waals surface area contributed by atoms with Crippen LogP contribution in [0.4, 0.5) is 10.8 Å². The topological polar surface area (TPSA) is 88.3 Å². The summed E-state index contributed by atoms with van der Waals surface area (Å²) in [4.78, 5) is 2.30. The van der Waals surface area contributed by atoms with Gasteiger partial charge in [0, 0.05) is 13.1 Å². The van der Waals surface area contributed by atoms with Crippen LogP contribution in [0.1, 0.15) is 20.3 Å². The second-order valence-corrected chi connectivity index (χ2v) is 7.19. The third-order valence-electron chi connectivity index (χ3n) is 2.78. The Labute approximate surface area is 119 Å². The van der Waals surface area contributed by atoms with Gasteiger partial charge in [-0.05, 0) is 31.5 Å². The molecule has 0 aliphatic rings. The molecule has 19 heavy (non-hydrogen) atoms. The number of hydrogen-bond donors (Lipinski definition) is 2. The molecule has 0 radical (unpaired) electrons. The predicted molar refractivity (Wildman–Crippen MR) is 80.5 cm³/mol. The molecule has 0 saturated heterocycles. The van der Waals surface area contributed by atoms with Crippen molar-refractivity contribution in [1.29, 1.82) is 0 Å². The minimum Gasteiger partial charge on any atom is -0.382 e. The summed E-state index contributed by atoms with van der Waals surface area (Å²) in [5.74, 6) is 0.198. The summed E-state index contributed by atoms with van der Waals surface area (Å²) in [5, 5.41) is 3.67. The third-order valence-corrected chi connectivity index (χ3v) is 5.71. The van der Waals surface area contributed by atoms with Crippen molar-refractivity contribution < 1.29 is 8.42 Å². The molecule has 0 aliphatic heterocycles. The van der Waals surface area contributed by atoms with Crippen LogP contribution in [0.3, 0.4) is 0 Å². The zero-order valence-electron chi connectivity index (χ0n) is 11.6. The number of nitrogens with one attached hydrogen (secondary N) is 1. The van der Waals surface area contributed by atoms with Gasteiger partial charge in [-0.25, -0.2) is 8.42 Å². The van der Waals surface area contributed by atoms with Gasteiger partial charge in [0.25, 0.3) is 0 Å². The number of rotatable bonds is 8. The average Bonchev–Trinajstić information content (AvgIpc) is 2.71. The molecule has 6 nitrogen and oxygen atoms in total. The SMILES string of the molecule is CCCS(=O)(=O)c1c(N)nsc1NCCN(C)CC. The van der Waals surface area contributed by atoms with Crippen molar-refractivity contribution in [3.63, 3.8) is 0 Å². The van der Waals surface area contributed by atoms with Crippen LogP contribution < -0.4 is 11.1 Å². The van der Waals surface area contributed by atoms with Gasteiger partial charge in [0.1, 0.15) is 9.90 Å². The molecule has 0 amide bonds. The Hall–Kier alpha value is -0.860. The van der Waals surface area contributed by atoms with E-state index in [1.807, 2.05) is 14.0 Å². The first-order chi connectivity index (χ1) is 8.92. The monoisotopic (exact) mass is 306 g/mol. The van der Waals surface area contributed by atoms with Gasteiger partial charge < -0.3 is 16.0 Å². The molecule has 0 atom stereocenters. The molecular weight excluding hydrogens is 284 g/mol. The minimum atomic E-state index is -3.34. The number of sulfone groups is 1. The zero-order chi connectivity index (χ0) is 14.5. The molecule has 1 aromatic heterocycles. The molecule has 3 N–H and O–H groups in total. The molecule has 1 rings (SSSR count). The molecular formula is C11H22N4O2S2. The number of nitrogens with zero attached hydrogens (tertiary/aromatic N) is 2. The molecule has 0 bridgehead atoms. The van der Waals surface area contributed by atoms with Crippen LogP contribution >= 0.6 is 11.5 Å². The summed E-state index contributed by atoms with van der Waals surface area (Å²) in [7, 11) is -1.33. The van der Waals surface area contributed by atoms with E-state index < -0.39 is 9.84 Å². The van der Waals surface area contributed by atoms with Crippen LogP contribution in [0.5, 0.6) is 0 Å². The van der Waals surface area contributed by atoms with E-state index in [4.69, 9.17) is 5.73 Å². The van der Waals surface area contributed by atoms with E-state index >= 15 is 0 Å². The van der Waals surface area contributed by atoms with E-state index in [1.165, 1.54) is 0 Å². The largest absolute Gasteiger partial charge is 0.382 e. The molecule has 0 unspecified atom stereocenters. The van der Waals surface area contributed by atoms with Gasteiger partial charge in [-0.15, -0.1) is 0 Å². The Morgan fingerprint density at radius 1 is 1.42 bits per heavy atom. The van der Waals surface area contributed by atoms with E-state index in [1.54, 1.807) is 0 Å². The highest BCUT2D eigenvalue weighted by Crippen LogP contribution is 2.32. The summed E-state index contributed by atoms with van der Waals surface area (Å²) in [6.07, 6.45) is 0.565. The Bertz CT molecular complexity index is 499. The Morgan fingerprint density at radius 3 is 2.68 bits per heavy atom. The number of nitrogen functional groups attached to an aromatic ring is 1. The van der Waals surface area contributed by atoms with Crippen LogP contribution in [0.15, 0.2) is 4.90 Å². The zero-order valence-corrected chi connectivity index (χ0v) is 13.3. The van der Waals surface area contributed by atoms with Gasteiger partial charge in [0.15, 0.2) is 15.7 Å². The number of aromatic nitrogens is 1. The highest BCUT2D eigenvalue weighted by molar-refractivity contribution is 7.91. The fourth-order valence-electron chi connectivity index (χ4n) is 1.60. The molecule has 0 fully saturated rings. The molecule has 8 heteroatoms. The highest BCUT2D eigenvalue weighted by atomic mass is 32.2. The van der Waals surface area contributed by atoms with E-state index in [0.29, 0.717) is 18.0 Å². The van der Waals surface area contributed by atoms with E-state index in [2.05, 4.69) is 21.5 Å². The summed E-state index contributed by atoms with van der Waals surface area (Å²) >= 11 is 1.10. The summed E-state index contributed by atoms with van der Waals surface area (Å²) in [6, 6.07) is 0. The first kappa shape index (κ1) is 16.2. The second kappa shape index (κ2) is 7.06. The van der Waals surface area contributed by atoms with Gasteiger partial charge in [-0.3, -0.25) is 0 Å². The van der Waals surface area contributed by atoms with Gasteiger partial charge in [-0.2, -0.15) is 4.37 Å². The maximum atomic E-state index is 12.1. The summed E-state index contributed by atoms with van der Waals surface area (Å²) in [6.45, 7) is 6.36. The lowest BCUT2D eigenvalue weighted by Crippen LogP contribution is -2.25. The lowest BCUT2D eigenvalue weighted by Gasteiger charge is -2.14. The Balaban J connectivity index is 2.81. The molecule has 110 valence electrons. The molecule has 0 aliphatic carbocycles. The van der Waals surface area contributed by atoms with E-state index in [0.717, 1.165) is 24.6 Å².